The number of carboxylic acid groups (broad SMARTS) is 1. The predicted molar refractivity (Wildman–Crippen MR) is 124 cm³/mol. The summed E-state index contributed by atoms with van der Waals surface area (Å²) in [5.41, 5.74) is 2.03. The number of likely N-dealkylation sites (tertiary alicyclic amines) is 1. The average molecular weight is 452 g/mol. The smallest absolute Gasteiger partial charge is 0.326 e. The minimum Gasteiger partial charge on any atom is -0.480 e. The lowest BCUT2D eigenvalue weighted by atomic mass is 9.98. The van der Waals surface area contributed by atoms with Crippen molar-refractivity contribution in [3.63, 3.8) is 0 Å². The van der Waals surface area contributed by atoms with E-state index < -0.39 is 18.1 Å². The van der Waals surface area contributed by atoms with Crippen LogP contribution in [0.2, 0.25) is 0 Å². The number of carboxylic acids is 1. The Bertz CT molecular complexity index is 978. The maximum Gasteiger partial charge on any atom is 0.326 e. The zero-order valence-electron chi connectivity index (χ0n) is 18.6. The molecular formula is C25H29N3O5. The van der Waals surface area contributed by atoms with Crippen LogP contribution in [-0.4, -0.2) is 59.2 Å². The Labute approximate surface area is 193 Å². The van der Waals surface area contributed by atoms with Crippen molar-refractivity contribution in [2.45, 2.75) is 44.2 Å². The molecule has 0 spiro atoms. The number of nitrogens with one attached hydrogen (secondary N) is 1. The molecule has 8 heteroatoms. The van der Waals surface area contributed by atoms with Gasteiger partial charge in [0.2, 0.25) is 5.91 Å². The van der Waals surface area contributed by atoms with Crippen molar-refractivity contribution in [2.75, 3.05) is 13.7 Å². The van der Waals surface area contributed by atoms with Gasteiger partial charge in [0.15, 0.2) is 0 Å². The first-order valence-corrected chi connectivity index (χ1v) is 11.0. The van der Waals surface area contributed by atoms with Crippen molar-refractivity contribution >= 4 is 23.5 Å². The zero-order valence-corrected chi connectivity index (χ0v) is 18.6. The second-order valence-corrected chi connectivity index (χ2v) is 7.93. The normalized spacial score (nSPS) is 16.8. The van der Waals surface area contributed by atoms with Gasteiger partial charge < -0.3 is 20.2 Å². The Morgan fingerprint density at radius 1 is 1.09 bits per heavy atom. The van der Waals surface area contributed by atoms with Crippen molar-refractivity contribution in [1.82, 2.24) is 10.2 Å². The standard InChI is InChI=1S/C25H29N3O5/c1-33-27-20(14-15-23(29)28-16-8-13-22(28)25(31)32)21(17-18-9-4-2-5-10-18)26-24(30)19-11-6-3-7-12-19/h2-7,9-12,21-22H,8,13-17H2,1H3,(H,26,30)(H,31,32)/t21-,22-/m0/s1. The minimum absolute atomic E-state index is 0.0818. The third-order valence-corrected chi connectivity index (χ3v) is 5.69. The summed E-state index contributed by atoms with van der Waals surface area (Å²) in [5.74, 6) is -1.47. The summed E-state index contributed by atoms with van der Waals surface area (Å²) in [5, 5.41) is 16.5. The van der Waals surface area contributed by atoms with Crippen LogP contribution in [0, 0.1) is 0 Å². The molecule has 0 radical (unpaired) electrons. The number of oxime groups is 1. The van der Waals surface area contributed by atoms with Crippen molar-refractivity contribution in [3.05, 3.63) is 71.8 Å². The zero-order chi connectivity index (χ0) is 23.6. The summed E-state index contributed by atoms with van der Waals surface area (Å²) in [6, 6.07) is 17.3. The average Bonchev–Trinajstić information content (AvgIpc) is 3.33. The number of carbonyl (C=O) groups is 3. The molecule has 1 fully saturated rings. The summed E-state index contributed by atoms with van der Waals surface area (Å²) in [6.45, 7) is 0.435. The summed E-state index contributed by atoms with van der Waals surface area (Å²) >= 11 is 0. The molecule has 1 heterocycles. The van der Waals surface area contributed by atoms with E-state index in [1.807, 2.05) is 36.4 Å². The summed E-state index contributed by atoms with van der Waals surface area (Å²) in [6.07, 6.45) is 1.92. The van der Waals surface area contributed by atoms with Crippen molar-refractivity contribution in [2.24, 2.45) is 5.16 Å². The molecule has 2 aromatic rings. The molecule has 2 atom stereocenters. The van der Waals surface area contributed by atoms with E-state index in [1.54, 1.807) is 24.3 Å². The van der Waals surface area contributed by atoms with E-state index in [0.29, 0.717) is 37.1 Å². The number of hydrogen-bond donors (Lipinski definition) is 2. The SMILES string of the molecule is CON=C(CCC(=O)N1CCC[C@H]1C(=O)O)[C@H](Cc1ccccc1)NC(=O)c1ccccc1. The maximum absolute atomic E-state index is 12.9. The largest absolute Gasteiger partial charge is 0.480 e. The van der Waals surface area contributed by atoms with Crippen LogP contribution < -0.4 is 5.32 Å². The lowest BCUT2D eigenvalue weighted by molar-refractivity contribution is -0.148. The lowest BCUT2D eigenvalue weighted by Crippen LogP contribution is -2.44. The Morgan fingerprint density at radius 3 is 2.39 bits per heavy atom. The fraction of sp³-hybridized carbons (Fsp3) is 0.360. The van der Waals surface area contributed by atoms with E-state index in [1.165, 1.54) is 12.0 Å². The van der Waals surface area contributed by atoms with E-state index in [0.717, 1.165) is 5.56 Å². The summed E-state index contributed by atoms with van der Waals surface area (Å²) in [4.78, 5) is 43.5. The molecule has 33 heavy (non-hydrogen) atoms. The van der Waals surface area contributed by atoms with Crippen molar-refractivity contribution < 1.29 is 24.3 Å². The third kappa shape index (κ3) is 6.65. The second-order valence-electron chi connectivity index (χ2n) is 7.93. The Balaban J connectivity index is 1.76. The van der Waals surface area contributed by atoms with Gasteiger partial charge in [-0.3, -0.25) is 9.59 Å². The van der Waals surface area contributed by atoms with Gasteiger partial charge in [-0.15, -0.1) is 0 Å². The van der Waals surface area contributed by atoms with Gasteiger partial charge in [0.1, 0.15) is 13.2 Å². The molecule has 0 aliphatic carbocycles. The Morgan fingerprint density at radius 2 is 1.76 bits per heavy atom. The van der Waals surface area contributed by atoms with Gasteiger partial charge in [-0.25, -0.2) is 4.79 Å². The Kier molecular flexibility index (Phi) is 8.57. The molecule has 1 aliphatic rings. The fourth-order valence-electron chi connectivity index (χ4n) is 4.03. The summed E-state index contributed by atoms with van der Waals surface area (Å²) in [7, 11) is 1.42. The molecule has 3 rings (SSSR count). The van der Waals surface area contributed by atoms with E-state index in [9.17, 15) is 19.5 Å². The Hall–Kier alpha value is -3.68. The van der Waals surface area contributed by atoms with Crippen LogP contribution in [0.25, 0.3) is 0 Å². The minimum atomic E-state index is -0.983. The molecule has 0 aromatic heterocycles. The first-order chi connectivity index (χ1) is 16.0. The van der Waals surface area contributed by atoms with Crippen LogP contribution in [0.4, 0.5) is 0 Å². The lowest BCUT2D eigenvalue weighted by Gasteiger charge is -2.23. The van der Waals surface area contributed by atoms with Crippen LogP contribution in [-0.2, 0) is 20.8 Å². The monoisotopic (exact) mass is 451 g/mol. The van der Waals surface area contributed by atoms with Crippen LogP contribution in [0.5, 0.6) is 0 Å². The van der Waals surface area contributed by atoms with Crippen LogP contribution in [0.3, 0.4) is 0 Å². The van der Waals surface area contributed by atoms with Crippen LogP contribution in [0.15, 0.2) is 65.8 Å². The quantitative estimate of drug-likeness (QED) is 0.427. The molecule has 0 unspecified atom stereocenters. The molecule has 0 saturated carbocycles. The molecular weight excluding hydrogens is 422 g/mol. The van der Waals surface area contributed by atoms with Crippen molar-refractivity contribution in [1.29, 1.82) is 0 Å². The third-order valence-electron chi connectivity index (χ3n) is 5.69. The number of rotatable bonds is 10. The van der Waals surface area contributed by atoms with Gasteiger partial charge in [-0.1, -0.05) is 53.7 Å². The number of carbonyl (C=O) groups excluding carboxylic acids is 2. The molecule has 1 saturated heterocycles. The van der Waals surface area contributed by atoms with Gasteiger partial charge in [-0.2, -0.15) is 0 Å². The summed E-state index contributed by atoms with van der Waals surface area (Å²) < 4.78 is 0. The number of hydrogen-bond acceptors (Lipinski definition) is 5. The number of benzene rings is 2. The van der Waals surface area contributed by atoms with Gasteiger partial charge >= 0.3 is 5.97 Å². The molecule has 2 N–H and O–H groups in total. The number of amides is 2. The van der Waals surface area contributed by atoms with E-state index >= 15 is 0 Å². The molecule has 8 nitrogen and oxygen atoms in total. The van der Waals surface area contributed by atoms with Crippen molar-refractivity contribution in [3.8, 4) is 0 Å². The number of aliphatic carboxylic acids is 1. The van der Waals surface area contributed by atoms with Gasteiger partial charge in [0.05, 0.1) is 11.8 Å². The molecule has 2 aromatic carbocycles. The highest BCUT2D eigenvalue weighted by Crippen LogP contribution is 2.19. The molecule has 0 bridgehead atoms. The van der Waals surface area contributed by atoms with Gasteiger partial charge in [-0.05, 0) is 43.4 Å². The van der Waals surface area contributed by atoms with Crippen LogP contribution in [0.1, 0.15) is 41.6 Å². The highest BCUT2D eigenvalue weighted by Gasteiger charge is 2.34. The maximum atomic E-state index is 12.9. The topological polar surface area (TPSA) is 108 Å². The molecule has 1 aliphatic heterocycles. The highest BCUT2D eigenvalue weighted by atomic mass is 16.6. The van der Waals surface area contributed by atoms with E-state index in [-0.39, 0.29) is 24.7 Å². The van der Waals surface area contributed by atoms with Gasteiger partial charge in [0, 0.05) is 18.5 Å². The van der Waals surface area contributed by atoms with Crippen LogP contribution >= 0.6 is 0 Å². The first kappa shape index (κ1) is 24.0. The predicted octanol–water partition coefficient (Wildman–Crippen LogP) is 2.89. The van der Waals surface area contributed by atoms with E-state index in [2.05, 4.69) is 10.5 Å². The van der Waals surface area contributed by atoms with E-state index in [4.69, 9.17) is 4.84 Å². The first-order valence-electron chi connectivity index (χ1n) is 11.0. The molecule has 2 amide bonds. The van der Waals surface area contributed by atoms with Gasteiger partial charge in [0.25, 0.3) is 5.91 Å². The second kappa shape index (κ2) is 11.8. The highest BCUT2D eigenvalue weighted by molar-refractivity contribution is 6.00. The fourth-order valence-corrected chi connectivity index (χ4v) is 4.03. The number of nitrogens with zero attached hydrogens (tertiary/aromatic N) is 2. The molecule has 174 valence electrons.